The molecule has 0 fully saturated rings. The summed E-state index contributed by atoms with van der Waals surface area (Å²) in [5.74, 6) is 0.469. The van der Waals surface area contributed by atoms with E-state index in [1.165, 1.54) is 0 Å². The van der Waals surface area contributed by atoms with Gasteiger partial charge in [0.2, 0.25) is 5.91 Å². The molecular formula is C14H21BrN2O. The summed E-state index contributed by atoms with van der Waals surface area (Å²) in [5.41, 5.74) is 0.913. The van der Waals surface area contributed by atoms with Crippen LogP contribution in [0.2, 0.25) is 0 Å². The molecule has 1 N–H and O–H groups in total. The fourth-order valence-electron chi connectivity index (χ4n) is 1.89. The van der Waals surface area contributed by atoms with Crippen molar-refractivity contribution in [3.05, 3.63) is 28.7 Å². The van der Waals surface area contributed by atoms with Crippen LogP contribution in [0.15, 0.2) is 28.7 Å². The quantitative estimate of drug-likeness (QED) is 0.906. The fourth-order valence-corrected chi connectivity index (χ4v) is 2.28. The number of benzene rings is 1. The Hall–Kier alpha value is -0.870. The number of anilines is 1. The van der Waals surface area contributed by atoms with E-state index >= 15 is 0 Å². The van der Waals surface area contributed by atoms with Crippen LogP contribution in [0.3, 0.4) is 0 Å². The minimum absolute atomic E-state index is 0.000943. The number of carbonyl (C=O) groups is 1. The van der Waals surface area contributed by atoms with E-state index in [-0.39, 0.29) is 11.8 Å². The van der Waals surface area contributed by atoms with Gasteiger partial charge in [0.25, 0.3) is 0 Å². The zero-order chi connectivity index (χ0) is 13.7. The molecule has 0 aliphatic heterocycles. The van der Waals surface area contributed by atoms with Gasteiger partial charge in [-0.1, -0.05) is 35.8 Å². The molecule has 3 nitrogen and oxygen atoms in total. The van der Waals surface area contributed by atoms with E-state index < -0.39 is 0 Å². The highest BCUT2D eigenvalue weighted by Gasteiger charge is 2.25. The van der Waals surface area contributed by atoms with Gasteiger partial charge in [0.15, 0.2) is 0 Å². The third-order valence-corrected chi connectivity index (χ3v) is 3.57. The van der Waals surface area contributed by atoms with Crippen LogP contribution in [0, 0.1) is 11.8 Å². The van der Waals surface area contributed by atoms with Crippen LogP contribution in [0.1, 0.15) is 13.8 Å². The predicted molar refractivity (Wildman–Crippen MR) is 79.8 cm³/mol. The summed E-state index contributed by atoms with van der Waals surface area (Å²) in [4.78, 5) is 14.2. The molecular weight excluding hydrogens is 292 g/mol. The Morgan fingerprint density at radius 1 is 1.44 bits per heavy atom. The van der Waals surface area contributed by atoms with Gasteiger partial charge in [-0.15, -0.1) is 0 Å². The molecule has 1 aromatic rings. The maximum Gasteiger partial charge on any atom is 0.231 e. The van der Waals surface area contributed by atoms with Crippen molar-refractivity contribution in [3.8, 4) is 0 Å². The lowest BCUT2D eigenvalue weighted by Crippen LogP contribution is -2.40. The predicted octanol–water partition coefficient (Wildman–Crippen LogP) is 2.90. The summed E-state index contributed by atoms with van der Waals surface area (Å²) in [6.45, 7) is 4.86. The summed E-state index contributed by atoms with van der Waals surface area (Å²) in [6, 6.07) is 7.79. The second kappa shape index (κ2) is 6.90. The highest BCUT2D eigenvalue weighted by molar-refractivity contribution is 9.10. The van der Waals surface area contributed by atoms with E-state index in [0.717, 1.165) is 10.2 Å². The second-order valence-corrected chi connectivity index (χ2v) is 5.70. The number of nitrogens with one attached hydrogen (secondary N) is 1. The lowest BCUT2D eigenvalue weighted by atomic mass is 9.94. The first-order chi connectivity index (χ1) is 8.47. The lowest BCUT2D eigenvalue weighted by molar-refractivity contribution is -0.123. The Kier molecular flexibility index (Phi) is 5.82. The summed E-state index contributed by atoms with van der Waals surface area (Å²) in [6.07, 6.45) is 0. The number of carbonyl (C=O) groups excluding carboxylic acids is 1. The molecule has 0 aromatic heterocycles. The maximum absolute atomic E-state index is 12.5. The zero-order valence-electron chi connectivity index (χ0n) is 11.4. The molecule has 1 atom stereocenters. The van der Waals surface area contributed by atoms with Crippen molar-refractivity contribution in [2.75, 3.05) is 25.5 Å². The number of nitrogens with zero attached hydrogens (tertiary/aromatic N) is 1. The molecule has 0 bridgehead atoms. The number of halogens is 1. The molecule has 0 spiro atoms. The van der Waals surface area contributed by atoms with Gasteiger partial charge < -0.3 is 10.2 Å². The molecule has 0 radical (unpaired) electrons. The molecule has 18 heavy (non-hydrogen) atoms. The van der Waals surface area contributed by atoms with Crippen LogP contribution in [-0.2, 0) is 4.79 Å². The van der Waals surface area contributed by atoms with E-state index in [2.05, 4.69) is 35.1 Å². The molecule has 4 heteroatoms. The van der Waals surface area contributed by atoms with E-state index in [0.29, 0.717) is 12.5 Å². The topological polar surface area (TPSA) is 32.3 Å². The van der Waals surface area contributed by atoms with E-state index in [9.17, 15) is 4.79 Å². The van der Waals surface area contributed by atoms with E-state index in [4.69, 9.17) is 0 Å². The highest BCUT2D eigenvalue weighted by atomic mass is 79.9. The molecule has 1 unspecified atom stereocenters. The highest BCUT2D eigenvalue weighted by Crippen LogP contribution is 2.22. The summed E-state index contributed by atoms with van der Waals surface area (Å²) < 4.78 is 0.981. The third kappa shape index (κ3) is 3.82. The van der Waals surface area contributed by atoms with Crippen molar-refractivity contribution in [1.29, 1.82) is 0 Å². The Balaban J connectivity index is 2.88. The van der Waals surface area contributed by atoms with Crippen LogP contribution >= 0.6 is 15.9 Å². The minimum Gasteiger partial charge on any atom is -0.319 e. The number of amides is 1. The summed E-state index contributed by atoms with van der Waals surface area (Å²) in [5, 5.41) is 3.09. The standard InChI is InChI=1S/C14H21BrN2O/c1-10(2)13(9-16-3)14(18)17(4)12-7-5-6-11(15)8-12/h5-8,10,13,16H,9H2,1-4H3. The van der Waals surface area contributed by atoms with Gasteiger partial charge in [-0.3, -0.25) is 4.79 Å². The van der Waals surface area contributed by atoms with Crippen LogP contribution < -0.4 is 10.2 Å². The summed E-state index contributed by atoms with van der Waals surface area (Å²) in [7, 11) is 3.71. The Morgan fingerprint density at radius 3 is 2.61 bits per heavy atom. The van der Waals surface area contributed by atoms with Gasteiger partial charge in [0, 0.05) is 23.8 Å². The first kappa shape index (κ1) is 15.2. The van der Waals surface area contributed by atoms with E-state index in [1.54, 1.807) is 4.90 Å². The Morgan fingerprint density at radius 2 is 2.11 bits per heavy atom. The molecule has 100 valence electrons. The molecule has 0 aliphatic rings. The average molecular weight is 313 g/mol. The first-order valence-electron chi connectivity index (χ1n) is 6.15. The zero-order valence-corrected chi connectivity index (χ0v) is 13.0. The smallest absolute Gasteiger partial charge is 0.231 e. The summed E-state index contributed by atoms with van der Waals surface area (Å²) >= 11 is 3.43. The van der Waals surface area contributed by atoms with Gasteiger partial charge in [-0.2, -0.15) is 0 Å². The van der Waals surface area contributed by atoms with Crippen molar-refractivity contribution in [2.45, 2.75) is 13.8 Å². The number of rotatable bonds is 5. The van der Waals surface area contributed by atoms with Crippen LogP contribution in [0.5, 0.6) is 0 Å². The van der Waals surface area contributed by atoms with Crippen molar-refractivity contribution in [3.63, 3.8) is 0 Å². The number of hydrogen-bond donors (Lipinski definition) is 1. The first-order valence-corrected chi connectivity index (χ1v) is 6.94. The minimum atomic E-state index is -0.000943. The van der Waals surface area contributed by atoms with Gasteiger partial charge in [-0.05, 0) is 31.2 Å². The molecule has 0 saturated carbocycles. The van der Waals surface area contributed by atoms with E-state index in [1.807, 2.05) is 38.4 Å². The van der Waals surface area contributed by atoms with Crippen molar-refractivity contribution in [1.82, 2.24) is 5.32 Å². The SMILES string of the molecule is CNCC(C(=O)N(C)c1cccc(Br)c1)C(C)C. The molecule has 1 amide bonds. The van der Waals surface area contributed by atoms with Gasteiger partial charge in [0.05, 0.1) is 5.92 Å². The fraction of sp³-hybridized carbons (Fsp3) is 0.500. The molecule has 0 aliphatic carbocycles. The van der Waals surface area contributed by atoms with Gasteiger partial charge >= 0.3 is 0 Å². The van der Waals surface area contributed by atoms with Gasteiger partial charge in [0.1, 0.15) is 0 Å². The molecule has 0 heterocycles. The monoisotopic (exact) mass is 312 g/mol. The molecule has 1 rings (SSSR count). The van der Waals surface area contributed by atoms with Crippen molar-refractivity contribution in [2.24, 2.45) is 11.8 Å². The lowest BCUT2D eigenvalue weighted by Gasteiger charge is -2.26. The van der Waals surface area contributed by atoms with Gasteiger partial charge in [-0.25, -0.2) is 0 Å². The average Bonchev–Trinajstić information content (AvgIpc) is 2.33. The normalized spacial score (nSPS) is 12.6. The Bertz CT molecular complexity index is 407. The maximum atomic E-state index is 12.5. The van der Waals surface area contributed by atoms with Crippen LogP contribution in [0.4, 0.5) is 5.69 Å². The Labute approximate surface area is 118 Å². The molecule has 0 saturated heterocycles. The van der Waals surface area contributed by atoms with Crippen molar-refractivity contribution >= 4 is 27.5 Å². The van der Waals surface area contributed by atoms with Crippen LogP contribution in [0.25, 0.3) is 0 Å². The largest absolute Gasteiger partial charge is 0.319 e. The number of hydrogen-bond acceptors (Lipinski definition) is 2. The second-order valence-electron chi connectivity index (χ2n) is 4.79. The van der Waals surface area contributed by atoms with Crippen molar-refractivity contribution < 1.29 is 4.79 Å². The third-order valence-electron chi connectivity index (χ3n) is 3.07. The molecule has 1 aromatic carbocycles. The van der Waals surface area contributed by atoms with Crippen LogP contribution in [-0.4, -0.2) is 26.5 Å².